The van der Waals surface area contributed by atoms with Crippen LogP contribution in [-0.2, 0) is 16.6 Å². The Morgan fingerprint density at radius 1 is 1.47 bits per heavy atom. The van der Waals surface area contributed by atoms with Crippen LogP contribution in [0.2, 0.25) is 0 Å². The lowest BCUT2D eigenvalue weighted by Crippen LogP contribution is -2.53. The van der Waals surface area contributed by atoms with Crippen LogP contribution in [0.5, 0.6) is 0 Å². The molecule has 1 fully saturated rings. The summed E-state index contributed by atoms with van der Waals surface area (Å²) in [7, 11) is -3.70. The molecule has 1 saturated heterocycles. The largest absolute Gasteiger partial charge is 0.477 e. The lowest BCUT2D eigenvalue weighted by molar-refractivity contribution is 0.0547. The van der Waals surface area contributed by atoms with Crippen molar-refractivity contribution in [1.29, 1.82) is 0 Å². The molecule has 0 amide bonds. The summed E-state index contributed by atoms with van der Waals surface area (Å²) in [5, 5.41) is 18.2. The van der Waals surface area contributed by atoms with Crippen molar-refractivity contribution < 1.29 is 23.4 Å². The van der Waals surface area contributed by atoms with E-state index in [2.05, 4.69) is 0 Å². The molecule has 0 bridgehead atoms. The van der Waals surface area contributed by atoms with Crippen LogP contribution >= 0.6 is 0 Å². The molecule has 1 aliphatic heterocycles. The van der Waals surface area contributed by atoms with Crippen LogP contribution in [0.4, 0.5) is 0 Å². The number of aromatic carboxylic acids is 1. The molecule has 0 aliphatic carbocycles. The summed E-state index contributed by atoms with van der Waals surface area (Å²) in [5.74, 6) is -1.15. The van der Waals surface area contributed by atoms with Gasteiger partial charge in [0.25, 0.3) is 0 Å². The van der Waals surface area contributed by atoms with E-state index in [1.807, 2.05) is 6.92 Å². The van der Waals surface area contributed by atoms with E-state index in [1.165, 1.54) is 10.8 Å². The van der Waals surface area contributed by atoms with Crippen LogP contribution in [0.25, 0.3) is 0 Å². The molecule has 106 valence electrons. The normalized spacial score (nSPS) is 17.4. The summed E-state index contributed by atoms with van der Waals surface area (Å²) in [4.78, 5) is 11.0. The summed E-state index contributed by atoms with van der Waals surface area (Å²) in [5.41, 5.74) is -0.0403. The number of β-amino-alcohol motifs (C(OH)–C–C–N with tert-alkyl or cyclic N) is 1. The third-order valence-corrected chi connectivity index (χ3v) is 4.82. The second kappa shape index (κ2) is 4.95. The number of carboxylic acids is 1. The molecule has 0 aromatic carbocycles. The van der Waals surface area contributed by atoms with E-state index in [0.29, 0.717) is 13.0 Å². The highest BCUT2D eigenvalue weighted by atomic mass is 32.2. The molecule has 8 heteroatoms. The molecule has 0 unspecified atom stereocenters. The maximum Gasteiger partial charge on any atom is 0.352 e. The molecular weight excluding hydrogens is 272 g/mol. The van der Waals surface area contributed by atoms with Crippen molar-refractivity contribution in [3.05, 3.63) is 18.0 Å². The number of hydrogen-bond acceptors (Lipinski definition) is 4. The van der Waals surface area contributed by atoms with Gasteiger partial charge in [-0.05, 0) is 12.5 Å². The van der Waals surface area contributed by atoms with E-state index < -0.39 is 22.1 Å². The minimum Gasteiger partial charge on any atom is -0.477 e. The van der Waals surface area contributed by atoms with Crippen LogP contribution in [0.1, 0.15) is 23.8 Å². The van der Waals surface area contributed by atoms with Gasteiger partial charge in [0, 0.05) is 25.8 Å². The highest BCUT2D eigenvalue weighted by Crippen LogP contribution is 2.23. The molecule has 1 aromatic rings. The van der Waals surface area contributed by atoms with E-state index in [1.54, 1.807) is 0 Å². The van der Waals surface area contributed by atoms with Crippen LogP contribution in [0.3, 0.4) is 0 Å². The van der Waals surface area contributed by atoms with Gasteiger partial charge in [0.2, 0.25) is 10.0 Å². The van der Waals surface area contributed by atoms with Crippen molar-refractivity contribution in [2.75, 3.05) is 13.1 Å². The van der Waals surface area contributed by atoms with Crippen molar-refractivity contribution >= 4 is 16.0 Å². The van der Waals surface area contributed by atoms with Gasteiger partial charge in [-0.1, -0.05) is 6.92 Å². The summed E-state index contributed by atoms with van der Waals surface area (Å²) in [6.45, 7) is 2.44. The van der Waals surface area contributed by atoms with E-state index in [-0.39, 0.29) is 23.7 Å². The quantitative estimate of drug-likeness (QED) is 0.792. The van der Waals surface area contributed by atoms with Crippen LogP contribution < -0.4 is 0 Å². The average molecular weight is 288 g/mol. The van der Waals surface area contributed by atoms with Crippen molar-refractivity contribution in [1.82, 2.24) is 8.87 Å². The molecule has 2 heterocycles. The molecule has 0 spiro atoms. The van der Waals surface area contributed by atoms with E-state index >= 15 is 0 Å². The minimum absolute atomic E-state index is 0.0368. The molecular formula is C11H16N2O5S. The monoisotopic (exact) mass is 288 g/mol. The lowest BCUT2D eigenvalue weighted by atomic mass is 10.2. The van der Waals surface area contributed by atoms with E-state index in [9.17, 15) is 13.2 Å². The first-order valence-corrected chi connectivity index (χ1v) is 7.42. The molecule has 7 nitrogen and oxygen atoms in total. The van der Waals surface area contributed by atoms with Gasteiger partial charge in [-0.3, -0.25) is 0 Å². The predicted octanol–water partition coefficient (Wildman–Crippen LogP) is -0.0385. The fourth-order valence-corrected chi connectivity index (χ4v) is 3.55. The smallest absolute Gasteiger partial charge is 0.352 e. The SMILES string of the molecule is CCCn1cc(S(=O)(=O)N2CC(O)C2)cc1C(=O)O. The van der Waals surface area contributed by atoms with Gasteiger partial charge in [0.15, 0.2) is 0 Å². The molecule has 0 radical (unpaired) electrons. The van der Waals surface area contributed by atoms with Crippen molar-refractivity contribution in [2.45, 2.75) is 30.9 Å². The molecule has 19 heavy (non-hydrogen) atoms. The van der Waals surface area contributed by atoms with Crippen molar-refractivity contribution in [2.24, 2.45) is 0 Å². The van der Waals surface area contributed by atoms with Crippen LogP contribution in [-0.4, -0.2) is 52.7 Å². The first-order valence-electron chi connectivity index (χ1n) is 5.98. The standard InChI is InChI=1S/C11H16N2O5S/c1-2-3-12-7-9(4-10(12)11(15)16)19(17,18)13-5-8(14)6-13/h4,7-8,14H,2-3,5-6H2,1H3,(H,15,16). The third kappa shape index (κ3) is 2.51. The van der Waals surface area contributed by atoms with Gasteiger partial charge in [-0.15, -0.1) is 0 Å². The average Bonchev–Trinajstić information content (AvgIpc) is 2.70. The highest BCUT2D eigenvalue weighted by molar-refractivity contribution is 7.89. The van der Waals surface area contributed by atoms with Gasteiger partial charge in [0.1, 0.15) is 10.6 Å². The van der Waals surface area contributed by atoms with Gasteiger partial charge in [-0.2, -0.15) is 4.31 Å². The first-order chi connectivity index (χ1) is 8.86. The molecule has 1 aromatic heterocycles. The lowest BCUT2D eigenvalue weighted by Gasteiger charge is -2.34. The van der Waals surface area contributed by atoms with Crippen molar-refractivity contribution in [3.8, 4) is 0 Å². The maximum absolute atomic E-state index is 12.2. The summed E-state index contributed by atoms with van der Waals surface area (Å²) in [6.07, 6.45) is 1.41. The number of hydrogen-bond donors (Lipinski definition) is 2. The number of rotatable bonds is 5. The number of carboxylic acid groups (broad SMARTS) is 1. The second-order valence-electron chi connectivity index (χ2n) is 4.54. The Kier molecular flexibility index (Phi) is 3.66. The molecule has 2 N–H and O–H groups in total. The number of aliphatic hydroxyl groups excluding tert-OH is 1. The van der Waals surface area contributed by atoms with Gasteiger partial charge in [-0.25, -0.2) is 13.2 Å². The zero-order valence-electron chi connectivity index (χ0n) is 10.5. The maximum atomic E-state index is 12.2. The molecule has 0 saturated carbocycles. The summed E-state index contributed by atoms with van der Waals surface area (Å²) < 4.78 is 26.9. The van der Waals surface area contributed by atoms with Gasteiger partial charge < -0.3 is 14.8 Å². The number of carbonyl (C=O) groups is 1. The number of aromatic nitrogens is 1. The summed E-state index contributed by atoms with van der Waals surface area (Å²) in [6, 6.07) is 1.16. The number of sulfonamides is 1. The van der Waals surface area contributed by atoms with Crippen molar-refractivity contribution in [3.63, 3.8) is 0 Å². The van der Waals surface area contributed by atoms with Gasteiger partial charge in [0.05, 0.1) is 6.10 Å². The first kappa shape index (κ1) is 14.0. The summed E-state index contributed by atoms with van der Waals surface area (Å²) >= 11 is 0. The van der Waals surface area contributed by atoms with Gasteiger partial charge >= 0.3 is 5.97 Å². The van der Waals surface area contributed by atoms with E-state index in [4.69, 9.17) is 10.2 Å². The Bertz CT molecular complexity index is 586. The number of aryl methyl sites for hydroxylation is 1. The third-order valence-electron chi connectivity index (χ3n) is 3.02. The zero-order valence-corrected chi connectivity index (χ0v) is 11.3. The Balaban J connectivity index is 2.35. The van der Waals surface area contributed by atoms with Crippen LogP contribution in [0, 0.1) is 0 Å². The number of aliphatic hydroxyl groups is 1. The fourth-order valence-electron chi connectivity index (χ4n) is 1.99. The Morgan fingerprint density at radius 3 is 2.58 bits per heavy atom. The zero-order chi connectivity index (χ0) is 14.2. The van der Waals surface area contributed by atoms with Crippen LogP contribution in [0.15, 0.2) is 17.2 Å². The number of nitrogens with zero attached hydrogens (tertiary/aromatic N) is 2. The Morgan fingerprint density at radius 2 is 2.11 bits per heavy atom. The molecule has 2 rings (SSSR count). The molecule has 0 atom stereocenters. The molecule has 1 aliphatic rings. The Hall–Kier alpha value is -1.38. The highest BCUT2D eigenvalue weighted by Gasteiger charge is 2.36. The van der Waals surface area contributed by atoms with E-state index in [0.717, 1.165) is 10.4 Å². The Labute approximate surface area is 111 Å². The predicted molar refractivity (Wildman–Crippen MR) is 66.4 cm³/mol. The fraction of sp³-hybridized carbons (Fsp3) is 0.545. The second-order valence-corrected chi connectivity index (χ2v) is 6.47. The topological polar surface area (TPSA) is 99.8 Å². The minimum atomic E-state index is -3.70.